The summed E-state index contributed by atoms with van der Waals surface area (Å²) in [5, 5.41) is 3.15. The lowest BCUT2D eigenvalue weighted by Gasteiger charge is -2.35. The van der Waals surface area contributed by atoms with E-state index in [1.165, 1.54) is 0 Å². The molecule has 1 aromatic carbocycles. The first kappa shape index (κ1) is 14.4. The van der Waals surface area contributed by atoms with Gasteiger partial charge in [-0.1, -0.05) is 6.07 Å². The molecule has 1 aliphatic heterocycles. The molecule has 1 aromatic rings. The van der Waals surface area contributed by atoms with Gasteiger partial charge in [0.15, 0.2) is 0 Å². The summed E-state index contributed by atoms with van der Waals surface area (Å²) in [6, 6.07) is 6.49. The molecule has 0 aliphatic carbocycles. The van der Waals surface area contributed by atoms with Gasteiger partial charge in [0.2, 0.25) is 0 Å². The topological polar surface area (TPSA) is 32.3 Å². The Kier molecular flexibility index (Phi) is 4.53. The summed E-state index contributed by atoms with van der Waals surface area (Å²) in [5.74, 6) is 0.0233. The van der Waals surface area contributed by atoms with Crippen molar-refractivity contribution in [2.24, 2.45) is 0 Å². The number of likely N-dealkylation sites (tertiary alicyclic amines) is 1. The zero-order chi connectivity index (χ0) is 14.0. The molecule has 0 saturated carbocycles. The van der Waals surface area contributed by atoms with Crippen LogP contribution in [-0.4, -0.2) is 36.5 Å². The number of nitrogens with one attached hydrogen (secondary N) is 1. The van der Waals surface area contributed by atoms with Crippen LogP contribution >= 0.6 is 12.6 Å². The molecule has 2 rings (SSSR count). The van der Waals surface area contributed by atoms with E-state index < -0.39 is 0 Å². The van der Waals surface area contributed by atoms with Crippen molar-refractivity contribution in [2.45, 2.75) is 43.7 Å². The molecule has 4 heteroatoms. The molecule has 0 aromatic heterocycles. The van der Waals surface area contributed by atoms with Gasteiger partial charge in [-0.15, -0.1) is 12.6 Å². The van der Waals surface area contributed by atoms with Gasteiger partial charge in [0, 0.05) is 29.1 Å². The van der Waals surface area contributed by atoms with E-state index in [-0.39, 0.29) is 11.9 Å². The Hall–Kier alpha value is -1.00. The SMILES string of the molecule is Cc1ccc(S)cc1C(=O)NC1CCN(C)C(C)C1. The monoisotopic (exact) mass is 278 g/mol. The Labute approximate surface area is 120 Å². The molecule has 0 spiro atoms. The Morgan fingerprint density at radius 3 is 2.89 bits per heavy atom. The highest BCUT2D eigenvalue weighted by atomic mass is 32.1. The van der Waals surface area contributed by atoms with E-state index in [0.717, 1.165) is 35.4 Å². The zero-order valence-electron chi connectivity index (χ0n) is 11.8. The standard InChI is InChI=1S/C15H22N2OS/c1-10-4-5-13(19)9-14(10)15(18)16-12-6-7-17(3)11(2)8-12/h4-5,9,11-12,19H,6-8H2,1-3H3,(H,16,18). The number of carbonyl (C=O) groups is 1. The maximum Gasteiger partial charge on any atom is 0.251 e. The molecule has 3 nitrogen and oxygen atoms in total. The van der Waals surface area contributed by atoms with Crippen LogP contribution in [0.2, 0.25) is 0 Å². The van der Waals surface area contributed by atoms with Gasteiger partial charge < -0.3 is 10.2 Å². The molecule has 2 atom stereocenters. The van der Waals surface area contributed by atoms with E-state index in [2.05, 4.69) is 36.8 Å². The summed E-state index contributed by atoms with van der Waals surface area (Å²) < 4.78 is 0. The van der Waals surface area contributed by atoms with Crippen LogP contribution in [0.5, 0.6) is 0 Å². The molecule has 1 saturated heterocycles. The predicted octanol–water partition coefficient (Wildman–Crippen LogP) is 2.50. The van der Waals surface area contributed by atoms with Crippen molar-refractivity contribution in [3.63, 3.8) is 0 Å². The third-order valence-electron chi connectivity index (χ3n) is 4.01. The molecule has 1 fully saturated rings. The predicted molar refractivity (Wildman–Crippen MR) is 81.0 cm³/mol. The third kappa shape index (κ3) is 3.51. The molecule has 0 bridgehead atoms. The molecule has 2 unspecified atom stereocenters. The summed E-state index contributed by atoms with van der Waals surface area (Å²) in [7, 11) is 2.14. The van der Waals surface area contributed by atoms with Crippen LogP contribution in [0.15, 0.2) is 23.1 Å². The third-order valence-corrected chi connectivity index (χ3v) is 4.29. The highest BCUT2D eigenvalue weighted by Gasteiger charge is 2.24. The Morgan fingerprint density at radius 1 is 1.47 bits per heavy atom. The quantitative estimate of drug-likeness (QED) is 0.815. The number of hydrogen-bond donors (Lipinski definition) is 2. The number of amides is 1. The summed E-state index contributed by atoms with van der Waals surface area (Å²) >= 11 is 4.30. The van der Waals surface area contributed by atoms with E-state index in [9.17, 15) is 4.79 Å². The van der Waals surface area contributed by atoms with Crippen molar-refractivity contribution in [3.8, 4) is 0 Å². The maximum absolute atomic E-state index is 12.3. The fourth-order valence-corrected chi connectivity index (χ4v) is 2.74. The fraction of sp³-hybridized carbons (Fsp3) is 0.533. The largest absolute Gasteiger partial charge is 0.349 e. The first-order valence-electron chi connectivity index (χ1n) is 6.78. The Bertz CT molecular complexity index is 475. The molecule has 1 N–H and O–H groups in total. The molecule has 104 valence electrons. The van der Waals surface area contributed by atoms with E-state index in [1.54, 1.807) is 0 Å². The van der Waals surface area contributed by atoms with Crippen molar-refractivity contribution in [1.82, 2.24) is 10.2 Å². The minimum Gasteiger partial charge on any atom is -0.349 e. The second-order valence-corrected chi connectivity index (χ2v) is 6.04. The minimum absolute atomic E-state index is 0.0233. The van der Waals surface area contributed by atoms with Gasteiger partial charge in [0.1, 0.15) is 0 Å². The maximum atomic E-state index is 12.3. The number of thiol groups is 1. The lowest BCUT2D eigenvalue weighted by Crippen LogP contribution is -2.47. The number of piperidine rings is 1. The number of nitrogens with zero attached hydrogens (tertiary/aromatic N) is 1. The van der Waals surface area contributed by atoms with Crippen molar-refractivity contribution < 1.29 is 4.79 Å². The molecule has 0 radical (unpaired) electrons. The average Bonchev–Trinajstić information content (AvgIpc) is 2.36. The van der Waals surface area contributed by atoms with Crippen LogP contribution in [0, 0.1) is 6.92 Å². The molecule has 19 heavy (non-hydrogen) atoms. The van der Waals surface area contributed by atoms with E-state index in [1.807, 2.05) is 25.1 Å². The van der Waals surface area contributed by atoms with Gasteiger partial charge >= 0.3 is 0 Å². The molecule has 1 aliphatic rings. The number of carbonyl (C=O) groups excluding carboxylic acids is 1. The van der Waals surface area contributed by atoms with Gasteiger partial charge in [-0.3, -0.25) is 4.79 Å². The molecular formula is C15H22N2OS. The zero-order valence-corrected chi connectivity index (χ0v) is 12.7. The van der Waals surface area contributed by atoms with Gasteiger partial charge in [0.25, 0.3) is 5.91 Å². The summed E-state index contributed by atoms with van der Waals surface area (Å²) in [6.07, 6.45) is 2.04. The van der Waals surface area contributed by atoms with Crippen LogP contribution in [0.1, 0.15) is 35.7 Å². The van der Waals surface area contributed by atoms with Crippen molar-refractivity contribution in [3.05, 3.63) is 29.3 Å². The van der Waals surface area contributed by atoms with Crippen LogP contribution in [-0.2, 0) is 0 Å². The van der Waals surface area contributed by atoms with Crippen LogP contribution < -0.4 is 5.32 Å². The smallest absolute Gasteiger partial charge is 0.251 e. The Balaban J connectivity index is 2.03. The molecular weight excluding hydrogens is 256 g/mol. The second-order valence-electron chi connectivity index (χ2n) is 5.52. The highest BCUT2D eigenvalue weighted by molar-refractivity contribution is 7.80. The van der Waals surface area contributed by atoms with Crippen molar-refractivity contribution in [1.29, 1.82) is 0 Å². The molecule has 1 amide bonds. The van der Waals surface area contributed by atoms with Crippen LogP contribution in [0.25, 0.3) is 0 Å². The van der Waals surface area contributed by atoms with Gasteiger partial charge in [-0.25, -0.2) is 0 Å². The fourth-order valence-electron chi connectivity index (χ4n) is 2.54. The first-order chi connectivity index (χ1) is 8.97. The van der Waals surface area contributed by atoms with Crippen LogP contribution in [0.3, 0.4) is 0 Å². The minimum atomic E-state index is 0.0233. The van der Waals surface area contributed by atoms with E-state index >= 15 is 0 Å². The van der Waals surface area contributed by atoms with Crippen molar-refractivity contribution >= 4 is 18.5 Å². The Morgan fingerprint density at radius 2 is 2.21 bits per heavy atom. The lowest BCUT2D eigenvalue weighted by atomic mass is 9.98. The number of hydrogen-bond acceptors (Lipinski definition) is 3. The van der Waals surface area contributed by atoms with Gasteiger partial charge in [-0.05, 0) is 51.4 Å². The first-order valence-corrected chi connectivity index (χ1v) is 7.23. The average molecular weight is 278 g/mol. The van der Waals surface area contributed by atoms with Gasteiger partial charge in [-0.2, -0.15) is 0 Å². The number of rotatable bonds is 2. The highest BCUT2D eigenvalue weighted by Crippen LogP contribution is 2.18. The van der Waals surface area contributed by atoms with E-state index in [4.69, 9.17) is 0 Å². The van der Waals surface area contributed by atoms with E-state index in [0.29, 0.717) is 6.04 Å². The molecule has 1 heterocycles. The van der Waals surface area contributed by atoms with Gasteiger partial charge in [0.05, 0.1) is 0 Å². The summed E-state index contributed by atoms with van der Waals surface area (Å²) in [4.78, 5) is 15.5. The lowest BCUT2D eigenvalue weighted by molar-refractivity contribution is 0.0895. The number of aryl methyl sites for hydroxylation is 1. The number of benzene rings is 1. The van der Waals surface area contributed by atoms with Crippen LogP contribution in [0.4, 0.5) is 0 Å². The summed E-state index contributed by atoms with van der Waals surface area (Å²) in [6.45, 7) is 5.20. The second kappa shape index (κ2) is 5.97. The van der Waals surface area contributed by atoms with Crippen molar-refractivity contribution in [2.75, 3.05) is 13.6 Å². The summed E-state index contributed by atoms with van der Waals surface area (Å²) in [5.41, 5.74) is 1.73. The normalized spacial score (nSPS) is 24.2.